The van der Waals surface area contributed by atoms with Crippen molar-refractivity contribution in [1.29, 1.82) is 0 Å². The molecule has 16 aromatic rings. The molecular weight excluding hydrogens is 2170 g/mol. The normalized spacial score (nSPS) is 11.5. The summed E-state index contributed by atoms with van der Waals surface area (Å²) >= 11 is 26.4. The number of urea groups is 4. The van der Waals surface area contributed by atoms with Gasteiger partial charge in [0.2, 0.25) is 0 Å². The molecule has 0 bridgehead atoms. The fourth-order valence-corrected chi connectivity index (χ4v) is 24.8. The number of carbonyl (C=O) groups excluding carboxylic acids is 6. The minimum Gasteiger partial charge on any atom is -0.465 e. The van der Waals surface area contributed by atoms with E-state index in [9.17, 15) is 90.0 Å². The number of esters is 1. The number of thiophene rings is 4. The first-order chi connectivity index (χ1) is 70.1. The maximum Gasteiger partial charge on any atom is 0.340 e. The molecule has 0 radical (unpaired) electrons. The van der Waals surface area contributed by atoms with Crippen LogP contribution in [0.3, 0.4) is 0 Å². The summed E-state index contributed by atoms with van der Waals surface area (Å²) in [6.45, 7) is 1.71. The minimum atomic E-state index is -4.09. The molecule has 8 heterocycles. The summed E-state index contributed by atoms with van der Waals surface area (Å²) in [7, 11) is -4.00. The average Bonchev–Trinajstić information content (AvgIpc) is 0.917. The standard InChI is InChI=1S/C26H27ClN6O5S2.C24H24ClN5O4S2.C23H19ClN4O6S2.C22H19ClN4O6S3/c1-28-17-6-9-19-20(14-17)21(24(34)29-12-13-32(2)3)15-33(25(19)35)18-7-4-16(5-8-18)30-26(36)31-40(37,38)23-11-10-22(27)39-23;1-26-17-6-9-19-20(12-17)15(13-29(2)3)14-30(23(19)31)18-7-4-16(5-8-18)27-24(32)28-36(33,34)22-11-10-21(25)35-22;1-25-14-5-8-16-17(11-14)18(22(30)34-2)12-28(21(16)29)15-6-3-13(4-7-15)26-23(31)27-36(32,33)20-10-9-19(24)35-20;1-24-14-5-8-16-17(11-14)18(35(2,30)31)12-27(21(16)28)15-6-3-13(4-7-15)25-22(29)26-36(32,33)20-10-9-19(23)34-20/h4-11,14-15,28H,12-13H2,1-3H3,(H,29,34)(H2,30,31,36);4-12,14,26H,13H2,1-3H3,(H2,27,28,32);3-12,25H,1-2H3,(H2,26,27,31);3-12,24H,1-2H3,(H2,25,26,29). The van der Waals surface area contributed by atoms with Crippen molar-refractivity contribution < 1.29 is 75.6 Å². The Morgan fingerprint density at radius 1 is 0.331 bits per heavy atom. The summed E-state index contributed by atoms with van der Waals surface area (Å²) in [5.41, 5.74) is 6.22. The van der Waals surface area contributed by atoms with E-state index < -0.39 is 85.6 Å². The number of aromatic nitrogens is 4. The molecule has 9 amide bonds. The number of likely N-dealkylation sites (N-methyl/N-ethyl adjacent to an activating group) is 1. The highest BCUT2D eigenvalue weighted by molar-refractivity contribution is 7.93. The van der Waals surface area contributed by atoms with Gasteiger partial charge in [-0.25, -0.2) is 85.0 Å². The maximum atomic E-state index is 13.4. The third-order valence-corrected chi connectivity index (χ3v) is 34.8. The van der Waals surface area contributed by atoms with Gasteiger partial charge in [0.25, 0.3) is 68.2 Å². The Bertz CT molecular complexity index is 8750. The van der Waals surface area contributed by atoms with Crippen LogP contribution < -0.4 is 89.0 Å². The first-order valence-electron chi connectivity index (χ1n) is 43.2. The highest BCUT2D eigenvalue weighted by Crippen LogP contribution is 2.34. The minimum absolute atomic E-state index is 0.0188. The van der Waals surface area contributed by atoms with Crippen molar-refractivity contribution in [1.82, 2.24) is 52.3 Å². The Hall–Kier alpha value is -14.6. The van der Waals surface area contributed by atoms with Crippen LogP contribution in [-0.2, 0) is 61.2 Å². The molecule has 53 heteroatoms. The van der Waals surface area contributed by atoms with E-state index in [0.717, 1.165) is 79.6 Å². The second kappa shape index (κ2) is 47.1. The molecule has 8 aromatic heterocycles. The smallest absolute Gasteiger partial charge is 0.340 e. The molecule has 0 aliphatic rings. The Balaban J connectivity index is 0.000000165. The highest BCUT2D eigenvalue weighted by atomic mass is 35.5. The lowest BCUT2D eigenvalue weighted by molar-refractivity contribution is 0.0601. The number of hydrogen-bond donors (Lipinski definition) is 13. The van der Waals surface area contributed by atoms with Crippen LogP contribution in [0.25, 0.3) is 65.8 Å². The molecule has 40 nitrogen and oxygen atoms in total. The van der Waals surface area contributed by atoms with Crippen molar-refractivity contribution in [2.24, 2.45) is 0 Å². The van der Waals surface area contributed by atoms with E-state index in [1.165, 1.54) is 136 Å². The predicted molar refractivity (Wildman–Crippen MR) is 584 cm³/mol. The molecular formula is C95H89Cl4N19O21S9. The van der Waals surface area contributed by atoms with Gasteiger partial charge < -0.3 is 62.4 Å². The van der Waals surface area contributed by atoms with Crippen LogP contribution in [0.4, 0.5) is 64.7 Å². The summed E-state index contributed by atoms with van der Waals surface area (Å²) in [4.78, 5) is 132. The molecule has 0 spiro atoms. The number of sulfone groups is 1. The van der Waals surface area contributed by atoms with Crippen LogP contribution in [0.2, 0.25) is 17.3 Å². The number of methoxy groups -OCH3 is 1. The maximum absolute atomic E-state index is 13.4. The number of rotatable bonds is 28. The van der Waals surface area contributed by atoms with Crippen LogP contribution in [0.1, 0.15) is 26.3 Å². The zero-order chi connectivity index (χ0) is 107. The number of anilines is 8. The third kappa shape index (κ3) is 27.1. The highest BCUT2D eigenvalue weighted by Gasteiger charge is 2.28. The van der Waals surface area contributed by atoms with Crippen molar-refractivity contribution in [2.75, 3.05) is 125 Å². The second-order valence-corrected chi connectivity index (χ2v) is 48.7. The van der Waals surface area contributed by atoms with E-state index in [1.807, 2.05) is 82.3 Å². The van der Waals surface area contributed by atoms with Crippen LogP contribution in [0, 0.1) is 0 Å². The summed E-state index contributed by atoms with van der Waals surface area (Å²) < 4.78 is 142. The number of carbonyl (C=O) groups is 6. The number of hydrogen-bond acceptors (Lipinski definition) is 31. The van der Waals surface area contributed by atoms with Crippen molar-refractivity contribution in [3.8, 4) is 22.7 Å². The van der Waals surface area contributed by atoms with E-state index in [-0.39, 0.29) is 85.3 Å². The van der Waals surface area contributed by atoms with Crippen molar-refractivity contribution in [2.45, 2.75) is 28.3 Å². The molecule has 0 unspecified atom stereocenters. The number of fused-ring (bicyclic) bond motifs is 4. The van der Waals surface area contributed by atoms with Gasteiger partial charge in [-0.15, -0.1) is 45.3 Å². The molecule has 0 atom stereocenters. The largest absolute Gasteiger partial charge is 0.465 e. The van der Waals surface area contributed by atoms with E-state index in [0.29, 0.717) is 96.0 Å². The zero-order valence-corrected chi connectivity index (χ0v) is 89.5. The fourth-order valence-electron chi connectivity index (χ4n) is 14.4. The Morgan fingerprint density at radius 3 is 0.885 bits per heavy atom. The number of benzene rings is 8. The quantitative estimate of drug-likeness (QED) is 0.0203. The molecule has 8 aromatic carbocycles. The first-order valence-corrected chi connectivity index (χ1v) is 55.8. The molecule has 0 saturated heterocycles. The number of nitrogens with zero attached hydrogens (tertiary/aromatic N) is 6. The molecule has 0 saturated carbocycles. The number of ether oxygens (including phenoxy) is 1. The van der Waals surface area contributed by atoms with Crippen LogP contribution in [0.5, 0.6) is 0 Å². The zero-order valence-electron chi connectivity index (χ0n) is 79.2. The number of nitrogens with one attached hydrogen (secondary N) is 13. The predicted octanol–water partition coefficient (Wildman–Crippen LogP) is 15.6. The van der Waals surface area contributed by atoms with Crippen LogP contribution in [-0.4, -0.2) is 189 Å². The molecule has 0 aliphatic heterocycles. The first kappa shape index (κ1) is 111. The number of halogens is 4. The van der Waals surface area contributed by atoms with Crippen molar-refractivity contribution in [3.05, 3.63) is 319 Å². The van der Waals surface area contributed by atoms with Gasteiger partial charge in [0.1, 0.15) is 16.8 Å². The van der Waals surface area contributed by atoms with E-state index in [4.69, 9.17) is 51.1 Å². The SMILES string of the molecule is CNc1ccc2c(=O)n(-c3ccc(NC(=O)NS(=O)(=O)c4ccc(Cl)s4)cc3)cc(C(=O)NCCN(C)C)c2c1.CNc1ccc2c(=O)n(-c3ccc(NC(=O)NS(=O)(=O)c4ccc(Cl)s4)cc3)cc(C(=O)OC)c2c1.CNc1ccc2c(=O)n(-c3ccc(NC(=O)NS(=O)(=O)c4ccc(Cl)s4)cc3)cc(CN(C)C)c2c1.CNc1ccc2c(=O)n(-c3ccc(NC(=O)NS(=O)(=O)c4ccc(Cl)s4)cc3)cc(S(C)(=O)=O)c2c1. The lowest BCUT2D eigenvalue weighted by atomic mass is 10.1. The van der Waals surface area contributed by atoms with Crippen LogP contribution >= 0.6 is 91.8 Å². The number of sulfonamides is 4. The lowest BCUT2D eigenvalue weighted by Gasteiger charge is -2.17. The van der Waals surface area contributed by atoms with Crippen molar-refractivity contribution >= 4 is 266 Å². The Labute approximate surface area is 881 Å². The van der Waals surface area contributed by atoms with Gasteiger partial charge in [-0.3, -0.25) is 42.2 Å². The summed E-state index contributed by atoms with van der Waals surface area (Å²) in [5.74, 6) is -0.928. The summed E-state index contributed by atoms with van der Waals surface area (Å²) in [5, 5.41) is 28.3. The molecule has 0 fully saturated rings. The third-order valence-electron chi connectivity index (χ3n) is 21.4. The number of amides is 9. The molecule has 13 N–H and O–H groups in total. The van der Waals surface area contributed by atoms with Gasteiger partial charge in [0.15, 0.2) is 9.84 Å². The lowest BCUT2D eigenvalue weighted by Crippen LogP contribution is -2.34. The molecule has 0 aliphatic carbocycles. The van der Waals surface area contributed by atoms with Gasteiger partial charge >= 0.3 is 30.1 Å². The van der Waals surface area contributed by atoms with Crippen molar-refractivity contribution in [3.63, 3.8) is 0 Å². The second-order valence-electron chi connectivity index (χ2n) is 32.2. The summed E-state index contributed by atoms with van der Waals surface area (Å²) in [6.07, 6.45) is 7.02. The van der Waals surface area contributed by atoms with Gasteiger partial charge in [0, 0.05) is 185 Å². The monoisotopic (exact) mass is 2260 g/mol. The van der Waals surface area contributed by atoms with E-state index in [1.54, 1.807) is 135 Å². The van der Waals surface area contributed by atoms with Gasteiger partial charge in [-0.1, -0.05) is 46.4 Å². The molecule has 772 valence electrons. The fraction of sp³-hybridized carbons (Fsp3) is 0.137. The van der Waals surface area contributed by atoms with Crippen LogP contribution in [0.15, 0.2) is 284 Å². The molecule has 16 rings (SSSR count). The average molecular weight is 2260 g/mol. The van der Waals surface area contributed by atoms with E-state index >= 15 is 0 Å². The Morgan fingerprint density at radius 2 is 0.601 bits per heavy atom. The topological polar surface area (TPSA) is 533 Å². The van der Waals surface area contributed by atoms with Gasteiger partial charge in [-0.2, -0.15) is 0 Å². The molecule has 148 heavy (non-hydrogen) atoms. The number of pyridine rings is 4. The Kier molecular flexibility index (Phi) is 35.2. The summed E-state index contributed by atoms with van der Waals surface area (Å²) in [6, 6.07) is 52.4. The van der Waals surface area contributed by atoms with Gasteiger partial charge in [0.05, 0.1) is 40.5 Å². The van der Waals surface area contributed by atoms with E-state index in [2.05, 4.69) is 47.9 Å². The van der Waals surface area contributed by atoms with Gasteiger partial charge in [-0.05, 0) is 258 Å².